The Labute approximate surface area is 90.2 Å². The van der Waals surface area contributed by atoms with Crippen molar-refractivity contribution in [2.45, 2.75) is 26.3 Å². The van der Waals surface area contributed by atoms with E-state index in [-0.39, 0.29) is 11.9 Å². The van der Waals surface area contributed by atoms with E-state index in [0.717, 1.165) is 6.42 Å². The van der Waals surface area contributed by atoms with E-state index in [4.69, 9.17) is 10.5 Å². The second kappa shape index (κ2) is 5.71. The lowest BCUT2D eigenvalue weighted by molar-refractivity contribution is 0.249. The summed E-state index contributed by atoms with van der Waals surface area (Å²) >= 11 is 0. The fourth-order valence-corrected chi connectivity index (χ4v) is 1.22. The highest BCUT2D eigenvalue weighted by Gasteiger charge is 2.11. The summed E-state index contributed by atoms with van der Waals surface area (Å²) in [6.07, 6.45) is 1.02. The molecule has 0 amide bonds. The smallest absolute Gasteiger partial charge is 0.126 e. The first-order valence-electron chi connectivity index (χ1n) is 5.27. The van der Waals surface area contributed by atoms with Gasteiger partial charge in [-0.25, -0.2) is 4.39 Å². The minimum Gasteiger partial charge on any atom is -0.492 e. The SMILES string of the molecule is CC[C@H](C)[C@H](N)COc1cccc(F)c1. The molecule has 0 spiro atoms. The van der Waals surface area contributed by atoms with Crippen molar-refractivity contribution in [1.82, 2.24) is 0 Å². The van der Waals surface area contributed by atoms with Gasteiger partial charge in [0.05, 0.1) is 0 Å². The molecule has 84 valence electrons. The van der Waals surface area contributed by atoms with Crippen molar-refractivity contribution in [1.29, 1.82) is 0 Å². The summed E-state index contributed by atoms with van der Waals surface area (Å²) in [5.74, 6) is 0.664. The Bertz CT molecular complexity index is 303. The van der Waals surface area contributed by atoms with Gasteiger partial charge in [0.25, 0.3) is 0 Å². The van der Waals surface area contributed by atoms with E-state index in [0.29, 0.717) is 18.3 Å². The summed E-state index contributed by atoms with van der Waals surface area (Å²) in [7, 11) is 0. The molecule has 2 nitrogen and oxygen atoms in total. The van der Waals surface area contributed by atoms with Crippen molar-refractivity contribution in [2.24, 2.45) is 11.7 Å². The lowest BCUT2D eigenvalue weighted by Crippen LogP contribution is -2.34. The number of hydrogen-bond acceptors (Lipinski definition) is 2. The standard InChI is InChI=1S/C12H18FNO/c1-3-9(2)12(14)8-15-11-6-4-5-10(13)7-11/h4-7,9,12H,3,8,14H2,1-2H3/t9-,12+/m0/s1. The van der Waals surface area contributed by atoms with Crippen LogP contribution in [0.15, 0.2) is 24.3 Å². The largest absolute Gasteiger partial charge is 0.492 e. The van der Waals surface area contributed by atoms with Crippen LogP contribution in [0.5, 0.6) is 5.75 Å². The van der Waals surface area contributed by atoms with Crippen LogP contribution in [0.1, 0.15) is 20.3 Å². The van der Waals surface area contributed by atoms with Gasteiger partial charge in [0.1, 0.15) is 18.2 Å². The summed E-state index contributed by atoms with van der Waals surface area (Å²) in [4.78, 5) is 0. The molecule has 0 fully saturated rings. The molecule has 0 unspecified atom stereocenters. The third kappa shape index (κ3) is 3.88. The monoisotopic (exact) mass is 211 g/mol. The van der Waals surface area contributed by atoms with Crippen LogP contribution in [0.25, 0.3) is 0 Å². The maximum absolute atomic E-state index is 12.8. The number of ether oxygens (including phenoxy) is 1. The molecule has 0 aliphatic rings. The Morgan fingerprint density at radius 3 is 2.80 bits per heavy atom. The van der Waals surface area contributed by atoms with Gasteiger partial charge in [-0.3, -0.25) is 0 Å². The van der Waals surface area contributed by atoms with Gasteiger partial charge in [0.2, 0.25) is 0 Å². The van der Waals surface area contributed by atoms with Gasteiger partial charge in [-0.1, -0.05) is 26.3 Å². The number of rotatable bonds is 5. The van der Waals surface area contributed by atoms with Gasteiger partial charge < -0.3 is 10.5 Å². The summed E-state index contributed by atoms with van der Waals surface area (Å²) in [5, 5.41) is 0. The number of nitrogens with two attached hydrogens (primary N) is 1. The van der Waals surface area contributed by atoms with E-state index in [1.54, 1.807) is 12.1 Å². The highest BCUT2D eigenvalue weighted by Crippen LogP contribution is 2.13. The highest BCUT2D eigenvalue weighted by atomic mass is 19.1. The maximum atomic E-state index is 12.8. The third-order valence-electron chi connectivity index (χ3n) is 2.61. The van der Waals surface area contributed by atoms with Crippen LogP contribution >= 0.6 is 0 Å². The second-order valence-electron chi connectivity index (χ2n) is 3.82. The van der Waals surface area contributed by atoms with Crippen molar-refractivity contribution in [2.75, 3.05) is 6.61 Å². The first-order valence-corrected chi connectivity index (χ1v) is 5.27. The van der Waals surface area contributed by atoms with Gasteiger partial charge in [-0.15, -0.1) is 0 Å². The first kappa shape index (κ1) is 12.0. The van der Waals surface area contributed by atoms with Crippen LogP contribution < -0.4 is 10.5 Å². The topological polar surface area (TPSA) is 35.2 Å². The van der Waals surface area contributed by atoms with E-state index in [2.05, 4.69) is 13.8 Å². The number of benzene rings is 1. The summed E-state index contributed by atoms with van der Waals surface area (Å²) in [6, 6.07) is 6.11. The van der Waals surface area contributed by atoms with Crippen LogP contribution in [0.2, 0.25) is 0 Å². The molecular formula is C12H18FNO. The van der Waals surface area contributed by atoms with Crippen molar-refractivity contribution < 1.29 is 9.13 Å². The van der Waals surface area contributed by atoms with Crippen LogP contribution in [-0.4, -0.2) is 12.6 Å². The zero-order chi connectivity index (χ0) is 11.3. The molecule has 1 rings (SSSR count). The van der Waals surface area contributed by atoms with Crippen LogP contribution in [0, 0.1) is 11.7 Å². The quantitative estimate of drug-likeness (QED) is 0.812. The first-order chi connectivity index (χ1) is 7.13. The Kier molecular flexibility index (Phi) is 4.56. The zero-order valence-corrected chi connectivity index (χ0v) is 9.24. The normalized spacial score (nSPS) is 14.7. The Morgan fingerprint density at radius 2 is 2.20 bits per heavy atom. The summed E-state index contributed by atoms with van der Waals surface area (Å²) in [5.41, 5.74) is 5.89. The van der Waals surface area contributed by atoms with Gasteiger partial charge in [0, 0.05) is 12.1 Å². The van der Waals surface area contributed by atoms with E-state index >= 15 is 0 Å². The molecule has 2 atom stereocenters. The second-order valence-corrected chi connectivity index (χ2v) is 3.82. The van der Waals surface area contributed by atoms with Crippen molar-refractivity contribution in [3.8, 4) is 5.75 Å². The average molecular weight is 211 g/mol. The van der Waals surface area contributed by atoms with Crippen LogP contribution in [0.3, 0.4) is 0 Å². The lowest BCUT2D eigenvalue weighted by atomic mass is 10.0. The van der Waals surface area contributed by atoms with Gasteiger partial charge >= 0.3 is 0 Å². The van der Waals surface area contributed by atoms with E-state index in [9.17, 15) is 4.39 Å². The number of halogens is 1. The fraction of sp³-hybridized carbons (Fsp3) is 0.500. The molecule has 3 heteroatoms. The molecule has 0 saturated heterocycles. The van der Waals surface area contributed by atoms with E-state index < -0.39 is 0 Å². The minimum absolute atomic E-state index is 0.00160. The molecule has 1 aromatic carbocycles. The molecular weight excluding hydrogens is 193 g/mol. The molecule has 1 aromatic rings. The molecule has 2 N–H and O–H groups in total. The van der Waals surface area contributed by atoms with Crippen molar-refractivity contribution in [3.05, 3.63) is 30.1 Å². The van der Waals surface area contributed by atoms with E-state index in [1.807, 2.05) is 0 Å². The Morgan fingerprint density at radius 1 is 1.47 bits per heavy atom. The predicted octanol–water partition coefficient (Wildman–Crippen LogP) is 2.58. The number of hydrogen-bond donors (Lipinski definition) is 1. The average Bonchev–Trinajstić information content (AvgIpc) is 2.25. The molecule has 0 heterocycles. The molecule has 0 saturated carbocycles. The molecule has 0 bridgehead atoms. The lowest BCUT2D eigenvalue weighted by Gasteiger charge is -2.18. The van der Waals surface area contributed by atoms with Gasteiger partial charge in [-0.2, -0.15) is 0 Å². The molecule has 0 aliphatic carbocycles. The van der Waals surface area contributed by atoms with Crippen LogP contribution in [-0.2, 0) is 0 Å². The molecule has 0 aliphatic heterocycles. The molecule has 0 aromatic heterocycles. The van der Waals surface area contributed by atoms with Gasteiger partial charge in [-0.05, 0) is 18.1 Å². The minimum atomic E-state index is -0.287. The van der Waals surface area contributed by atoms with Gasteiger partial charge in [0.15, 0.2) is 0 Å². The summed E-state index contributed by atoms with van der Waals surface area (Å²) in [6.45, 7) is 4.60. The molecule has 0 radical (unpaired) electrons. The fourth-order valence-electron chi connectivity index (χ4n) is 1.22. The Balaban J connectivity index is 2.43. The Hall–Kier alpha value is -1.09. The van der Waals surface area contributed by atoms with Crippen molar-refractivity contribution >= 4 is 0 Å². The highest BCUT2D eigenvalue weighted by molar-refractivity contribution is 5.22. The van der Waals surface area contributed by atoms with E-state index in [1.165, 1.54) is 12.1 Å². The van der Waals surface area contributed by atoms with Crippen molar-refractivity contribution in [3.63, 3.8) is 0 Å². The van der Waals surface area contributed by atoms with Crippen LogP contribution in [0.4, 0.5) is 4.39 Å². The predicted molar refractivity (Wildman–Crippen MR) is 59.3 cm³/mol. The molecule has 15 heavy (non-hydrogen) atoms. The summed E-state index contributed by atoms with van der Waals surface area (Å²) < 4.78 is 18.2. The zero-order valence-electron chi connectivity index (χ0n) is 9.24. The maximum Gasteiger partial charge on any atom is 0.126 e. The third-order valence-corrected chi connectivity index (χ3v) is 2.61.